The molecule has 5 aromatic carbocycles. The van der Waals surface area contributed by atoms with Crippen LogP contribution >= 0.6 is 15.2 Å². The summed E-state index contributed by atoms with van der Waals surface area (Å²) in [5, 5.41) is 9.52. The molecule has 1 heterocycles. The highest BCUT2D eigenvalue weighted by Crippen LogP contribution is 2.59. The van der Waals surface area contributed by atoms with Crippen LogP contribution in [0.3, 0.4) is 0 Å². The zero-order valence-electron chi connectivity index (χ0n) is 28.0. The molecule has 0 aliphatic rings. The molecule has 0 amide bonds. The molecule has 51 heavy (non-hydrogen) atoms. The molecule has 1 atom stereocenters. The van der Waals surface area contributed by atoms with Gasteiger partial charge >= 0.3 is 20.9 Å². The minimum absolute atomic E-state index is 0.134. The average Bonchev–Trinajstić information content (AvgIpc) is 3.57. The molecule has 13 heteroatoms. The highest BCUT2D eigenvalue weighted by atomic mass is 31.2. The van der Waals surface area contributed by atoms with Gasteiger partial charge < -0.3 is 18.8 Å². The smallest absolute Gasteiger partial charge is 0.320 e. The standard InChI is InChI=1S/C38H37F2N3O6P2/c1-3-48-50(44,49-4-2)36-25-30(29-13-7-5-8-14-29)21-22-31(36)27-37(32-15-9-6-10-16-32,43-35-18-12-11-17-34(35)41-42-43)26-28-19-23-33(24-20-28)38(39,40)51(45,46)47/h5-25H,3-4,26-27H2,1-2H3,(H2,45,46,47). The molecular weight excluding hydrogens is 694 g/mol. The number of aromatic nitrogens is 3. The Balaban J connectivity index is 1.60. The van der Waals surface area contributed by atoms with Crippen LogP contribution in [0.25, 0.3) is 22.2 Å². The van der Waals surface area contributed by atoms with E-state index in [4.69, 9.17) is 9.05 Å². The largest absolute Gasteiger partial charge is 0.399 e. The molecule has 1 unspecified atom stereocenters. The Morgan fingerprint density at radius 1 is 0.706 bits per heavy atom. The number of rotatable bonds is 14. The van der Waals surface area contributed by atoms with E-state index in [1.807, 2.05) is 103 Å². The van der Waals surface area contributed by atoms with E-state index >= 15 is 0 Å². The zero-order valence-corrected chi connectivity index (χ0v) is 29.8. The molecule has 0 fully saturated rings. The Bertz CT molecular complexity index is 2200. The Kier molecular flexibility index (Phi) is 10.5. The predicted octanol–water partition coefficient (Wildman–Crippen LogP) is 8.45. The number of hydrogen-bond donors (Lipinski definition) is 2. The maximum Gasteiger partial charge on any atom is 0.399 e. The minimum atomic E-state index is -5.77. The summed E-state index contributed by atoms with van der Waals surface area (Å²) >= 11 is 0. The van der Waals surface area contributed by atoms with Crippen molar-refractivity contribution < 1.29 is 36.7 Å². The van der Waals surface area contributed by atoms with E-state index in [1.54, 1.807) is 18.5 Å². The quantitative estimate of drug-likeness (QED) is 0.107. The fourth-order valence-electron chi connectivity index (χ4n) is 6.41. The summed E-state index contributed by atoms with van der Waals surface area (Å²) in [6.07, 6.45) is 0.346. The third-order valence-electron chi connectivity index (χ3n) is 8.80. The third-order valence-corrected chi connectivity index (χ3v) is 12.0. The molecule has 9 nitrogen and oxygen atoms in total. The molecule has 0 radical (unpaired) electrons. The van der Waals surface area contributed by atoms with E-state index in [1.165, 1.54) is 12.1 Å². The van der Waals surface area contributed by atoms with Gasteiger partial charge in [-0.05, 0) is 59.9 Å². The normalized spacial score (nSPS) is 13.7. The first-order valence-electron chi connectivity index (χ1n) is 16.4. The second-order valence-corrected chi connectivity index (χ2v) is 15.7. The first-order valence-corrected chi connectivity index (χ1v) is 19.5. The van der Waals surface area contributed by atoms with Gasteiger partial charge in [0.2, 0.25) is 0 Å². The van der Waals surface area contributed by atoms with Crippen molar-refractivity contribution in [1.29, 1.82) is 0 Å². The number of para-hydroxylation sites is 1. The molecule has 1 aromatic heterocycles. The molecule has 6 rings (SSSR count). The van der Waals surface area contributed by atoms with Crippen molar-refractivity contribution in [2.45, 2.75) is 37.9 Å². The van der Waals surface area contributed by atoms with Crippen molar-refractivity contribution in [2.75, 3.05) is 13.2 Å². The Labute approximate surface area is 294 Å². The van der Waals surface area contributed by atoms with Gasteiger partial charge in [0.05, 0.1) is 29.6 Å². The van der Waals surface area contributed by atoms with E-state index in [2.05, 4.69) is 10.3 Å². The monoisotopic (exact) mass is 731 g/mol. The summed E-state index contributed by atoms with van der Waals surface area (Å²) in [5.74, 6) is 0. The zero-order chi connectivity index (χ0) is 36.3. The lowest BCUT2D eigenvalue weighted by Crippen LogP contribution is -2.42. The number of alkyl halides is 2. The molecule has 2 N–H and O–H groups in total. The summed E-state index contributed by atoms with van der Waals surface area (Å²) in [5.41, 5.74) is -1.21. The van der Waals surface area contributed by atoms with Crippen molar-refractivity contribution in [2.24, 2.45) is 0 Å². The lowest BCUT2D eigenvalue weighted by Gasteiger charge is -2.36. The Hall–Kier alpha value is -4.34. The van der Waals surface area contributed by atoms with Gasteiger partial charge in [-0.1, -0.05) is 114 Å². The second kappa shape index (κ2) is 14.7. The molecule has 0 spiro atoms. The van der Waals surface area contributed by atoms with Gasteiger partial charge in [-0.2, -0.15) is 8.78 Å². The number of halogens is 2. The van der Waals surface area contributed by atoms with Crippen LogP contribution in [0.2, 0.25) is 0 Å². The molecule has 0 saturated heterocycles. The number of hydrogen-bond acceptors (Lipinski definition) is 6. The topological polar surface area (TPSA) is 124 Å². The predicted molar refractivity (Wildman–Crippen MR) is 193 cm³/mol. The molecule has 6 aromatic rings. The van der Waals surface area contributed by atoms with Gasteiger partial charge in [-0.3, -0.25) is 9.13 Å². The van der Waals surface area contributed by atoms with Crippen LogP contribution in [0.1, 0.15) is 36.1 Å². The summed E-state index contributed by atoms with van der Waals surface area (Å²) in [6.45, 7) is 3.77. The summed E-state index contributed by atoms with van der Waals surface area (Å²) in [4.78, 5) is 18.7. The molecule has 0 bridgehead atoms. The van der Waals surface area contributed by atoms with Gasteiger partial charge in [-0.15, -0.1) is 5.10 Å². The minimum Gasteiger partial charge on any atom is -0.320 e. The lowest BCUT2D eigenvalue weighted by molar-refractivity contribution is 0.0564. The van der Waals surface area contributed by atoms with Crippen molar-refractivity contribution in [3.63, 3.8) is 0 Å². The molecule has 0 aliphatic heterocycles. The van der Waals surface area contributed by atoms with E-state index in [9.17, 15) is 27.7 Å². The van der Waals surface area contributed by atoms with Gasteiger partial charge in [0.1, 0.15) is 5.52 Å². The van der Waals surface area contributed by atoms with E-state index < -0.39 is 32.0 Å². The van der Waals surface area contributed by atoms with Crippen LogP contribution in [0.15, 0.2) is 127 Å². The number of fused-ring (bicyclic) bond motifs is 1. The van der Waals surface area contributed by atoms with Crippen LogP contribution in [-0.2, 0) is 42.2 Å². The average molecular weight is 732 g/mol. The van der Waals surface area contributed by atoms with Gasteiger partial charge in [-0.25, -0.2) is 4.68 Å². The maximum absolute atomic E-state index is 14.7. The fourth-order valence-corrected chi connectivity index (χ4v) is 8.73. The summed E-state index contributed by atoms with van der Waals surface area (Å²) in [7, 11) is -9.66. The molecular formula is C38H37F2N3O6P2. The maximum atomic E-state index is 14.7. The highest BCUT2D eigenvalue weighted by molar-refractivity contribution is 7.62. The molecule has 0 saturated carbocycles. The van der Waals surface area contributed by atoms with Crippen molar-refractivity contribution in [3.05, 3.63) is 150 Å². The second-order valence-electron chi connectivity index (χ2n) is 12.1. The van der Waals surface area contributed by atoms with Gasteiger partial charge in [0.25, 0.3) is 0 Å². The number of benzene rings is 5. The molecule has 264 valence electrons. The van der Waals surface area contributed by atoms with Crippen molar-refractivity contribution in [1.82, 2.24) is 15.0 Å². The van der Waals surface area contributed by atoms with Crippen LogP contribution in [0.4, 0.5) is 8.78 Å². The van der Waals surface area contributed by atoms with Crippen LogP contribution in [0, 0.1) is 0 Å². The van der Waals surface area contributed by atoms with Crippen molar-refractivity contribution >= 4 is 31.5 Å². The Morgan fingerprint density at radius 3 is 1.94 bits per heavy atom. The third kappa shape index (κ3) is 7.24. The molecule has 0 aliphatic carbocycles. The van der Waals surface area contributed by atoms with Crippen LogP contribution < -0.4 is 5.30 Å². The number of nitrogens with zero attached hydrogens (tertiary/aromatic N) is 3. The van der Waals surface area contributed by atoms with E-state index in [-0.39, 0.29) is 26.1 Å². The first kappa shape index (κ1) is 36.5. The van der Waals surface area contributed by atoms with Crippen LogP contribution in [0.5, 0.6) is 0 Å². The lowest BCUT2D eigenvalue weighted by atomic mass is 9.78. The van der Waals surface area contributed by atoms with E-state index in [0.29, 0.717) is 27.5 Å². The summed E-state index contributed by atoms with van der Waals surface area (Å²) in [6, 6.07) is 37.3. The SMILES string of the molecule is CCOP(=O)(OCC)c1cc(-c2ccccc2)ccc1CC(Cc1ccc(C(F)(F)P(=O)(O)O)cc1)(c1ccccc1)n1nnc2ccccc21. The van der Waals surface area contributed by atoms with E-state index in [0.717, 1.165) is 28.8 Å². The first-order chi connectivity index (χ1) is 24.4. The Morgan fingerprint density at radius 2 is 1.31 bits per heavy atom. The van der Waals surface area contributed by atoms with Crippen LogP contribution in [-0.4, -0.2) is 38.0 Å². The van der Waals surface area contributed by atoms with Crippen molar-refractivity contribution in [3.8, 4) is 11.1 Å². The highest BCUT2D eigenvalue weighted by Gasteiger charge is 2.50. The summed E-state index contributed by atoms with van der Waals surface area (Å²) < 4.78 is 69.4. The fraction of sp³-hybridized carbons (Fsp3) is 0.211. The van der Waals surface area contributed by atoms with Gasteiger partial charge in [0, 0.05) is 18.4 Å². The van der Waals surface area contributed by atoms with Gasteiger partial charge in [0.15, 0.2) is 0 Å².